The molecule has 0 spiro atoms. The fourth-order valence-electron chi connectivity index (χ4n) is 1.44. The van der Waals surface area contributed by atoms with Crippen LogP contribution in [0.5, 0.6) is 0 Å². The van der Waals surface area contributed by atoms with Gasteiger partial charge in [0.1, 0.15) is 0 Å². The number of hydrogen-bond donors (Lipinski definition) is 1. The molecule has 0 aliphatic carbocycles. The van der Waals surface area contributed by atoms with Crippen LogP contribution < -0.4 is 4.72 Å². The maximum absolute atomic E-state index is 11.6. The third kappa shape index (κ3) is 3.85. The summed E-state index contributed by atoms with van der Waals surface area (Å²) < 4.78 is 25.7. The standard InChI is InChI=1S/C11H17ClN2O2S/c1-4-7-17(15,16)14-11-10(12)9(8(2)3)5-6-13-11/h5-6,8H,4,7H2,1-3H3,(H,13,14). The average molecular weight is 277 g/mol. The molecule has 6 heteroatoms. The first-order valence-electron chi connectivity index (χ1n) is 5.52. The van der Waals surface area contributed by atoms with Crippen molar-refractivity contribution < 1.29 is 8.42 Å². The van der Waals surface area contributed by atoms with Crippen LogP contribution in [0.1, 0.15) is 38.7 Å². The zero-order chi connectivity index (χ0) is 13.1. The number of rotatable bonds is 5. The number of pyridine rings is 1. The monoisotopic (exact) mass is 276 g/mol. The molecule has 0 saturated heterocycles. The van der Waals surface area contributed by atoms with Gasteiger partial charge >= 0.3 is 0 Å². The summed E-state index contributed by atoms with van der Waals surface area (Å²) in [5, 5.41) is 0.377. The quantitative estimate of drug-likeness (QED) is 0.899. The number of anilines is 1. The van der Waals surface area contributed by atoms with Crippen molar-refractivity contribution in [2.75, 3.05) is 10.5 Å². The van der Waals surface area contributed by atoms with Crippen molar-refractivity contribution in [3.63, 3.8) is 0 Å². The van der Waals surface area contributed by atoms with Crippen molar-refractivity contribution in [1.29, 1.82) is 0 Å². The number of nitrogens with zero attached hydrogens (tertiary/aromatic N) is 1. The first-order valence-corrected chi connectivity index (χ1v) is 7.55. The lowest BCUT2D eigenvalue weighted by molar-refractivity contribution is 0.599. The Kier molecular flexibility index (Phi) is 4.77. The van der Waals surface area contributed by atoms with E-state index in [0.29, 0.717) is 11.4 Å². The molecule has 0 aliphatic rings. The van der Waals surface area contributed by atoms with E-state index in [2.05, 4.69) is 9.71 Å². The summed E-state index contributed by atoms with van der Waals surface area (Å²) >= 11 is 6.12. The third-order valence-corrected chi connectivity index (χ3v) is 4.11. The van der Waals surface area contributed by atoms with Gasteiger partial charge in [0.15, 0.2) is 5.82 Å². The molecule has 0 fully saturated rings. The highest BCUT2D eigenvalue weighted by Gasteiger charge is 2.15. The van der Waals surface area contributed by atoms with Gasteiger partial charge in [0.2, 0.25) is 10.0 Å². The van der Waals surface area contributed by atoms with Crippen LogP contribution >= 0.6 is 11.6 Å². The van der Waals surface area contributed by atoms with Crippen LogP contribution in [0.3, 0.4) is 0 Å². The second kappa shape index (κ2) is 5.69. The number of aromatic nitrogens is 1. The molecule has 1 heterocycles. The molecular formula is C11H17ClN2O2S. The van der Waals surface area contributed by atoms with Gasteiger partial charge in [0.25, 0.3) is 0 Å². The van der Waals surface area contributed by atoms with Crippen molar-refractivity contribution in [3.8, 4) is 0 Å². The Morgan fingerprint density at radius 3 is 2.65 bits per heavy atom. The topological polar surface area (TPSA) is 59.1 Å². The summed E-state index contributed by atoms with van der Waals surface area (Å²) in [5.41, 5.74) is 0.885. The van der Waals surface area contributed by atoms with E-state index in [-0.39, 0.29) is 17.5 Å². The molecule has 1 rings (SSSR count). The molecule has 0 radical (unpaired) electrons. The molecule has 4 nitrogen and oxygen atoms in total. The van der Waals surface area contributed by atoms with E-state index in [0.717, 1.165) is 5.56 Å². The zero-order valence-electron chi connectivity index (χ0n) is 10.2. The van der Waals surface area contributed by atoms with Gasteiger partial charge < -0.3 is 0 Å². The molecule has 1 aromatic rings. The molecule has 17 heavy (non-hydrogen) atoms. The first kappa shape index (κ1) is 14.3. The van der Waals surface area contributed by atoms with Gasteiger partial charge in [-0.05, 0) is 24.0 Å². The molecule has 1 aromatic heterocycles. The SMILES string of the molecule is CCCS(=O)(=O)Nc1nccc(C(C)C)c1Cl. The van der Waals surface area contributed by atoms with E-state index in [1.165, 1.54) is 0 Å². The summed E-state index contributed by atoms with van der Waals surface area (Å²) in [5.74, 6) is 0.503. The number of nitrogens with one attached hydrogen (secondary N) is 1. The van der Waals surface area contributed by atoms with Crippen LogP contribution in [0, 0.1) is 0 Å². The van der Waals surface area contributed by atoms with Crippen molar-refractivity contribution in [2.24, 2.45) is 0 Å². The summed E-state index contributed by atoms with van der Waals surface area (Å²) in [4.78, 5) is 3.97. The molecule has 0 aromatic carbocycles. The Labute approximate surface area is 107 Å². The van der Waals surface area contributed by atoms with Crippen LogP contribution in [-0.4, -0.2) is 19.2 Å². The zero-order valence-corrected chi connectivity index (χ0v) is 11.8. The molecule has 96 valence electrons. The van der Waals surface area contributed by atoms with Gasteiger partial charge in [-0.3, -0.25) is 4.72 Å². The molecular weight excluding hydrogens is 260 g/mol. The van der Waals surface area contributed by atoms with Crippen LogP contribution in [0.2, 0.25) is 5.02 Å². The van der Waals surface area contributed by atoms with Gasteiger partial charge in [0.05, 0.1) is 10.8 Å². The van der Waals surface area contributed by atoms with E-state index in [9.17, 15) is 8.42 Å². The van der Waals surface area contributed by atoms with Crippen molar-refractivity contribution in [1.82, 2.24) is 4.98 Å². The predicted octanol–water partition coefficient (Wildman–Crippen LogP) is 3.01. The molecule has 0 atom stereocenters. The summed E-state index contributed by atoms with van der Waals surface area (Å²) in [6.45, 7) is 5.79. The molecule has 0 amide bonds. The normalized spacial score (nSPS) is 11.8. The number of hydrogen-bond acceptors (Lipinski definition) is 3. The lowest BCUT2D eigenvalue weighted by Crippen LogP contribution is -2.17. The molecule has 0 bridgehead atoms. The first-order chi connectivity index (χ1) is 7.87. The Bertz CT molecular complexity index is 486. The van der Waals surface area contributed by atoms with Gasteiger partial charge in [-0.1, -0.05) is 32.4 Å². The van der Waals surface area contributed by atoms with E-state index in [4.69, 9.17) is 11.6 Å². The molecule has 0 unspecified atom stereocenters. The number of sulfonamides is 1. The van der Waals surface area contributed by atoms with Gasteiger partial charge in [-0.25, -0.2) is 13.4 Å². The fourth-order valence-corrected chi connectivity index (χ4v) is 2.96. The Balaban J connectivity index is 3.04. The minimum absolute atomic E-state index is 0.0664. The highest BCUT2D eigenvalue weighted by molar-refractivity contribution is 7.92. The van der Waals surface area contributed by atoms with Gasteiger partial charge in [0, 0.05) is 6.20 Å². The Morgan fingerprint density at radius 2 is 2.12 bits per heavy atom. The second-order valence-electron chi connectivity index (χ2n) is 4.14. The lowest BCUT2D eigenvalue weighted by Gasteiger charge is -2.12. The summed E-state index contributed by atoms with van der Waals surface area (Å²) in [6, 6.07) is 1.80. The molecule has 1 N–H and O–H groups in total. The summed E-state index contributed by atoms with van der Waals surface area (Å²) in [6.07, 6.45) is 2.11. The third-order valence-electron chi connectivity index (χ3n) is 2.27. The van der Waals surface area contributed by atoms with Crippen LogP contribution in [-0.2, 0) is 10.0 Å². The smallest absolute Gasteiger partial charge is 0.233 e. The van der Waals surface area contributed by atoms with Crippen LogP contribution in [0.15, 0.2) is 12.3 Å². The Hall–Kier alpha value is -0.810. The minimum atomic E-state index is -3.35. The van der Waals surface area contributed by atoms with Crippen LogP contribution in [0.25, 0.3) is 0 Å². The summed E-state index contributed by atoms with van der Waals surface area (Å²) in [7, 11) is -3.35. The molecule has 0 saturated carbocycles. The largest absolute Gasteiger partial charge is 0.266 e. The molecule has 0 aliphatic heterocycles. The maximum atomic E-state index is 11.6. The van der Waals surface area contributed by atoms with E-state index < -0.39 is 10.0 Å². The van der Waals surface area contributed by atoms with Crippen molar-refractivity contribution >= 4 is 27.4 Å². The fraction of sp³-hybridized carbons (Fsp3) is 0.545. The highest BCUT2D eigenvalue weighted by atomic mass is 35.5. The van der Waals surface area contributed by atoms with Gasteiger partial charge in [-0.15, -0.1) is 0 Å². The van der Waals surface area contributed by atoms with E-state index in [1.54, 1.807) is 19.2 Å². The predicted molar refractivity (Wildman–Crippen MR) is 71.0 cm³/mol. The maximum Gasteiger partial charge on any atom is 0.233 e. The second-order valence-corrected chi connectivity index (χ2v) is 6.36. The number of halogens is 1. The van der Waals surface area contributed by atoms with Gasteiger partial charge in [-0.2, -0.15) is 0 Å². The van der Waals surface area contributed by atoms with Crippen molar-refractivity contribution in [3.05, 3.63) is 22.8 Å². The van der Waals surface area contributed by atoms with E-state index in [1.807, 2.05) is 13.8 Å². The average Bonchev–Trinajstić information content (AvgIpc) is 2.20. The minimum Gasteiger partial charge on any atom is -0.266 e. The Morgan fingerprint density at radius 1 is 1.47 bits per heavy atom. The highest BCUT2D eigenvalue weighted by Crippen LogP contribution is 2.29. The van der Waals surface area contributed by atoms with Crippen molar-refractivity contribution in [2.45, 2.75) is 33.1 Å². The lowest BCUT2D eigenvalue weighted by atomic mass is 10.1. The van der Waals surface area contributed by atoms with Crippen LogP contribution in [0.4, 0.5) is 5.82 Å². The van der Waals surface area contributed by atoms with E-state index >= 15 is 0 Å².